The fourth-order valence-corrected chi connectivity index (χ4v) is 2.46. The van der Waals surface area contributed by atoms with Crippen LogP contribution in [0.1, 0.15) is 12.5 Å². The van der Waals surface area contributed by atoms with E-state index in [2.05, 4.69) is 11.8 Å². The molecule has 0 radical (unpaired) electrons. The second kappa shape index (κ2) is 4.68. The van der Waals surface area contributed by atoms with Crippen LogP contribution in [0.15, 0.2) is 29.2 Å². The molecule has 2 aromatic carbocycles. The molecule has 1 N–H and O–H groups in total. The Labute approximate surface area is 104 Å². The molecule has 0 aliphatic rings. The predicted octanol–water partition coefficient (Wildman–Crippen LogP) is 3.78. The zero-order chi connectivity index (χ0) is 12.4. The lowest BCUT2D eigenvalue weighted by molar-refractivity contribution is 0.475. The zero-order valence-corrected chi connectivity index (χ0v) is 10.4. The summed E-state index contributed by atoms with van der Waals surface area (Å²) in [4.78, 5) is 0.831. The summed E-state index contributed by atoms with van der Waals surface area (Å²) in [6, 6.07) is 6.29. The highest BCUT2D eigenvalue weighted by Gasteiger charge is 2.10. The van der Waals surface area contributed by atoms with E-state index in [0.29, 0.717) is 5.56 Å². The molecule has 2 rings (SSSR count). The van der Waals surface area contributed by atoms with Crippen molar-refractivity contribution < 1.29 is 9.50 Å². The van der Waals surface area contributed by atoms with Crippen molar-refractivity contribution in [2.24, 2.45) is 0 Å². The lowest BCUT2D eigenvalue weighted by Gasteiger charge is -2.08. The van der Waals surface area contributed by atoms with Crippen LogP contribution in [0.3, 0.4) is 0 Å². The molecule has 0 saturated carbocycles. The second-order valence-electron chi connectivity index (χ2n) is 3.54. The Kier molecular flexibility index (Phi) is 3.26. The number of aromatic hydroxyl groups is 1. The molecule has 1 nitrogen and oxygen atoms in total. The first-order chi connectivity index (χ1) is 8.17. The topological polar surface area (TPSA) is 20.2 Å². The van der Waals surface area contributed by atoms with Gasteiger partial charge in [-0.3, -0.25) is 0 Å². The van der Waals surface area contributed by atoms with Gasteiger partial charge >= 0.3 is 0 Å². The van der Waals surface area contributed by atoms with Gasteiger partial charge < -0.3 is 5.11 Å². The first kappa shape index (κ1) is 11.8. The van der Waals surface area contributed by atoms with Crippen molar-refractivity contribution in [3.05, 3.63) is 35.6 Å². The van der Waals surface area contributed by atoms with E-state index in [1.165, 1.54) is 17.8 Å². The molecule has 3 heteroatoms. The molecular formula is C14H11FOS. The third-order valence-corrected chi connectivity index (χ3v) is 3.25. The van der Waals surface area contributed by atoms with Crippen LogP contribution in [0.25, 0.3) is 10.8 Å². The largest absolute Gasteiger partial charge is 0.508 e. The van der Waals surface area contributed by atoms with Crippen molar-refractivity contribution in [2.45, 2.75) is 11.8 Å². The molecule has 0 aromatic heterocycles. The van der Waals surface area contributed by atoms with E-state index in [9.17, 15) is 9.50 Å². The van der Waals surface area contributed by atoms with E-state index in [-0.39, 0.29) is 11.6 Å². The van der Waals surface area contributed by atoms with Crippen LogP contribution >= 0.6 is 11.8 Å². The lowest BCUT2D eigenvalue weighted by atomic mass is 10.0. The van der Waals surface area contributed by atoms with Gasteiger partial charge in [0.15, 0.2) is 0 Å². The number of benzene rings is 2. The highest BCUT2D eigenvalue weighted by molar-refractivity contribution is 7.98. The second-order valence-corrected chi connectivity index (χ2v) is 4.39. The molecule has 0 bridgehead atoms. The Morgan fingerprint density at radius 1 is 1.29 bits per heavy atom. The summed E-state index contributed by atoms with van der Waals surface area (Å²) in [6.45, 7) is 1.68. The average molecular weight is 246 g/mol. The summed E-state index contributed by atoms with van der Waals surface area (Å²) in [5.41, 5.74) is 0.398. The van der Waals surface area contributed by atoms with Gasteiger partial charge in [-0.2, -0.15) is 0 Å². The van der Waals surface area contributed by atoms with E-state index in [0.717, 1.165) is 15.7 Å². The summed E-state index contributed by atoms with van der Waals surface area (Å²) in [7, 11) is 0. The highest BCUT2D eigenvalue weighted by atomic mass is 32.2. The number of thioether (sulfide) groups is 1. The Morgan fingerprint density at radius 3 is 2.71 bits per heavy atom. The van der Waals surface area contributed by atoms with E-state index in [1.54, 1.807) is 25.1 Å². The number of phenolic OH excluding ortho intramolecular Hbond substituents is 1. The van der Waals surface area contributed by atoms with E-state index < -0.39 is 0 Å². The highest BCUT2D eigenvalue weighted by Crippen LogP contribution is 2.33. The maximum Gasteiger partial charge on any atom is 0.139 e. The average Bonchev–Trinajstić information content (AvgIpc) is 2.32. The lowest BCUT2D eigenvalue weighted by Crippen LogP contribution is -1.89. The maximum atomic E-state index is 13.7. The number of phenols is 1. The van der Waals surface area contributed by atoms with Crippen LogP contribution in [-0.2, 0) is 0 Å². The fraction of sp³-hybridized carbons (Fsp3) is 0.143. The van der Waals surface area contributed by atoms with Gasteiger partial charge in [0.05, 0.1) is 5.56 Å². The Hall–Kier alpha value is -1.66. The van der Waals surface area contributed by atoms with Crippen LogP contribution in [0.5, 0.6) is 5.75 Å². The third kappa shape index (κ3) is 2.09. The Balaban J connectivity index is 2.94. The van der Waals surface area contributed by atoms with Gasteiger partial charge in [-0.25, -0.2) is 4.39 Å². The molecule has 0 heterocycles. The van der Waals surface area contributed by atoms with Crippen LogP contribution in [0.2, 0.25) is 0 Å². The monoisotopic (exact) mass is 246 g/mol. The van der Waals surface area contributed by atoms with E-state index >= 15 is 0 Å². The van der Waals surface area contributed by atoms with Crippen molar-refractivity contribution in [3.8, 4) is 17.6 Å². The van der Waals surface area contributed by atoms with Crippen LogP contribution in [0.4, 0.5) is 4.39 Å². The number of halogens is 1. The Morgan fingerprint density at radius 2 is 2.06 bits per heavy atom. The molecule has 86 valence electrons. The minimum Gasteiger partial charge on any atom is -0.508 e. The number of fused-ring (bicyclic) bond motifs is 1. The quantitative estimate of drug-likeness (QED) is 0.610. The molecule has 2 aromatic rings. The minimum atomic E-state index is -0.326. The van der Waals surface area contributed by atoms with Crippen LogP contribution < -0.4 is 0 Å². The normalized spacial score (nSPS) is 10.1. The van der Waals surface area contributed by atoms with Gasteiger partial charge in [0.2, 0.25) is 0 Å². The summed E-state index contributed by atoms with van der Waals surface area (Å²) < 4.78 is 13.7. The number of hydrogen-bond donors (Lipinski definition) is 1. The molecule has 17 heavy (non-hydrogen) atoms. The van der Waals surface area contributed by atoms with Gasteiger partial charge in [0.1, 0.15) is 11.6 Å². The standard InChI is InChI=1S/C14H11FOS/c1-3-4-11-12(15)6-5-9-7-10(16)8-13(17-2)14(9)11/h5-8,16H,1-2H3. The van der Waals surface area contributed by atoms with Crippen molar-refractivity contribution in [2.75, 3.05) is 6.26 Å². The summed E-state index contributed by atoms with van der Waals surface area (Å²) in [5, 5.41) is 11.2. The first-order valence-corrected chi connectivity index (χ1v) is 6.32. The molecule has 0 aliphatic carbocycles. The molecule has 0 amide bonds. The van der Waals surface area contributed by atoms with Crippen molar-refractivity contribution in [1.29, 1.82) is 0 Å². The van der Waals surface area contributed by atoms with Crippen molar-refractivity contribution in [3.63, 3.8) is 0 Å². The molecule has 0 spiro atoms. The maximum absolute atomic E-state index is 13.7. The van der Waals surface area contributed by atoms with Gasteiger partial charge in [-0.1, -0.05) is 12.0 Å². The zero-order valence-electron chi connectivity index (χ0n) is 9.54. The summed E-state index contributed by atoms with van der Waals surface area (Å²) >= 11 is 1.47. The van der Waals surface area contributed by atoms with E-state index in [4.69, 9.17) is 0 Å². The van der Waals surface area contributed by atoms with Crippen LogP contribution in [-0.4, -0.2) is 11.4 Å². The molecule has 0 atom stereocenters. The van der Waals surface area contributed by atoms with Gasteiger partial charge in [0.25, 0.3) is 0 Å². The fourth-order valence-electron chi connectivity index (χ4n) is 1.79. The first-order valence-electron chi connectivity index (χ1n) is 5.09. The molecule has 0 fully saturated rings. The Bertz CT molecular complexity index is 638. The van der Waals surface area contributed by atoms with Gasteiger partial charge in [-0.05, 0) is 36.8 Å². The summed E-state index contributed by atoms with van der Waals surface area (Å²) in [6.07, 6.45) is 1.89. The minimum absolute atomic E-state index is 0.184. The van der Waals surface area contributed by atoms with Crippen molar-refractivity contribution in [1.82, 2.24) is 0 Å². The SMILES string of the molecule is CC#Cc1c(F)ccc2cc(O)cc(SC)c12. The molecule has 0 aliphatic heterocycles. The predicted molar refractivity (Wildman–Crippen MR) is 69.9 cm³/mol. The van der Waals surface area contributed by atoms with Crippen LogP contribution in [0, 0.1) is 17.7 Å². The number of rotatable bonds is 1. The van der Waals surface area contributed by atoms with Gasteiger partial charge in [0, 0.05) is 10.3 Å². The van der Waals surface area contributed by atoms with Crippen molar-refractivity contribution >= 4 is 22.5 Å². The summed E-state index contributed by atoms with van der Waals surface area (Å²) in [5.74, 6) is 5.37. The molecule has 0 saturated heterocycles. The molecular weight excluding hydrogens is 235 g/mol. The third-order valence-electron chi connectivity index (χ3n) is 2.49. The molecule has 0 unspecified atom stereocenters. The van der Waals surface area contributed by atoms with E-state index in [1.807, 2.05) is 6.26 Å². The smallest absolute Gasteiger partial charge is 0.139 e. The van der Waals surface area contributed by atoms with Gasteiger partial charge in [-0.15, -0.1) is 17.7 Å². The number of hydrogen-bond acceptors (Lipinski definition) is 2.